The zero-order valence-corrected chi connectivity index (χ0v) is 15.2. The molecule has 0 spiro atoms. The summed E-state index contributed by atoms with van der Waals surface area (Å²) in [6.45, 7) is 2.09. The quantitative estimate of drug-likeness (QED) is 0.644. The molecule has 0 amide bonds. The van der Waals surface area contributed by atoms with Gasteiger partial charge >= 0.3 is 5.97 Å². The fourth-order valence-corrected chi connectivity index (χ4v) is 2.60. The molecular formula is C20H21N5O2. The van der Waals surface area contributed by atoms with E-state index in [9.17, 15) is 4.79 Å². The summed E-state index contributed by atoms with van der Waals surface area (Å²) >= 11 is 0. The lowest BCUT2D eigenvalue weighted by Crippen LogP contribution is -2.15. The van der Waals surface area contributed by atoms with Gasteiger partial charge in [0, 0.05) is 18.4 Å². The van der Waals surface area contributed by atoms with Crippen LogP contribution in [-0.4, -0.2) is 29.6 Å². The average Bonchev–Trinajstić information content (AvgIpc) is 2.70. The Balaban J connectivity index is 1.87. The van der Waals surface area contributed by atoms with Crippen molar-refractivity contribution in [2.75, 3.05) is 29.6 Å². The summed E-state index contributed by atoms with van der Waals surface area (Å²) in [6.07, 6.45) is 1.45. The summed E-state index contributed by atoms with van der Waals surface area (Å²) in [5.41, 5.74) is 8.79. The molecule has 0 aliphatic heterocycles. The number of nitrogens with two attached hydrogens (primary N) is 1. The van der Waals surface area contributed by atoms with Crippen LogP contribution in [0.2, 0.25) is 0 Å². The Labute approximate surface area is 157 Å². The molecule has 0 aliphatic carbocycles. The van der Waals surface area contributed by atoms with Crippen molar-refractivity contribution in [1.82, 2.24) is 9.97 Å². The first kappa shape index (κ1) is 18.2. The zero-order valence-electron chi connectivity index (χ0n) is 15.2. The smallest absolute Gasteiger partial charge is 0.338 e. The summed E-state index contributed by atoms with van der Waals surface area (Å²) in [4.78, 5) is 22.3. The molecule has 0 saturated carbocycles. The SMILES string of the molecule is CCOC(=O)c1cccc(Nc2ncnc(N(C)c3ccccc3)c2N)c1. The van der Waals surface area contributed by atoms with Gasteiger partial charge in [0.2, 0.25) is 0 Å². The van der Waals surface area contributed by atoms with E-state index in [1.807, 2.05) is 48.3 Å². The molecule has 27 heavy (non-hydrogen) atoms. The van der Waals surface area contributed by atoms with Crippen molar-refractivity contribution in [3.8, 4) is 0 Å². The Morgan fingerprint density at radius 2 is 1.93 bits per heavy atom. The summed E-state index contributed by atoms with van der Waals surface area (Å²) in [5, 5.41) is 3.15. The molecule has 1 heterocycles. The molecule has 3 N–H and O–H groups in total. The third-order valence-electron chi connectivity index (χ3n) is 3.96. The number of anilines is 5. The molecule has 2 aromatic carbocycles. The number of hydrogen-bond donors (Lipinski definition) is 2. The van der Waals surface area contributed by atoms with Crippen molar-refractivity contribution >= 4 is 34.7 Å². The molecule has 0 saturated heterocycles. The molecule has 3 aromatic rings. The van der Waals surface area contributed by atoms with Gasteiger partial charge in [-0.3, -0.25) is 0 Å². The zero-order chi connectivity index (χ0) is 19.2. The number of esters is 1. The van der Waals surface area contributed by atoms with E-state index in [2.05, 4.69) is 15.3 Å². The second-order valence-corrected chi connectivity index (χ2v) is 5.78. The summed E-state index contributed by atoms with van der Waals surface area (Å²) in [5.74, 6) is 0.672. The summed E-state index contributed by atoms with van der Waals surface area (Å²) in [6, 6.07) is 16.8. The van der Waals surface area contributed by atoms with Crippen LogP contribution < -0.4 is 16.0 Å². The van der Waals surface area contributed by atoms with Gasteiger partial charge in [0.1, 0.15) is 12.0 Å². The number of ether oxygens (including phenoxy) is 1. The van der Waals surface area contributed by atoms with Gasteiger partial charge in [0.15, 0.2) is 11.6 Å². The molecule has 7 heteroatoms. The van der Waals surface area contributed by atoms with E-state index in [0.717, 1.165) is 5.69 Å². The number of rotatable bonds is 6. The van der Waals surface area contributed by atoms with E-state index in [0.29, 0.717) is 35.2 Å². The van der Waals surface area contributed by atoms with Crippen molar-refractivity contribution < 1.29 is 9.53 Å². The van der Waals surface area contributed by atoms with Gasteiger partial charge in [0.05, 0.1) is 12.2 Å². The van der Waals surface area contributed by atoms with E-state index in [-0.39, 0.29) is 5.97 Å². The van der Waals surface area contributed by atoms with Crippen LogP contribution in [0.25, 0.3) is 0 Å². The number of nitrogens with zero attached hydrogens (tertiary/aromatic N) is 3. The number of nitrogen functional groups attached to an aromatic ring is 1. The number of nitrogens with one attached hydrogen (secondary N) is 1. The lowest BCUT2D eigenvalue weighted by Gasteiger charge is -2.21. The number of aromatic nitrogens is 2. The van der Waals surface area contributed by atoms with Gasteiger partial charge in [-0.15, -0.1) is 0 Å². The number of benzene rings is 2. The van der Waals surface area contributed by atoms with E-state index < -0.39 is 0 Å². The van der Waals surface area contributed by atoms with E-state index in [1.165, 1.54) is 6.33 Å². The van der Waals surface area contributed by atoms with Crippen molar-refractivity contribution in [2.24, 2.45) is 0 Å². The van der Waals surface area contributed by atoms with Crippen molar-refractivity contribution in [1.29, 1.82) is 0 Å². The Morgan fingerprint density at radius 3 is 2.67 bits per heavy atom. The monoisotopic (exact) mass is 363 g/mol. The van der Waals surface area contributed by atoms with Gasteiger partial charge in [0.25, 0.3) is 0 Å². The standard InChI is InChI=1S/C20H21N5O2/c1-3-27-20(26)14-8-7-9-15(12-14)24-18-17(21)19(23-13-22-18)25(2)16-10-5-4-6-11-16/h4-13H,3,21H2,1-2H3,(H,22,23,24). The van der Waals surface area contributed by atoms with Gasteiger partial charge in [-0.2, -0.15) is 0 Å². The summed E-state index contributed by atoms with van der Waals surface area (Å²) < 4.78 is 5.03. The van der Waals surface area contributed by atoms with Crippen LogP contribution >= 0.6 is 0 Å². The molecule has 0 aliphatic rings. The van der Waals surface area contributed by atoms with Crippen LogP contribution in [0.3, 0.4) is 0 Å². The first-order valence-electron chi connectivity index (χ1n) is 8.53. The van der Waals surface area contributed by atoms with Gasteiger partial charge in [-0.05, 0) is 37.3 Å². The predicted octanol–water partition coefficient (Wildman–Crippen LogP) is 3.75. The molecule has 0 fully saturated rings. The molecule has 138 valence electrons. The lowest BCUT2D eigenvalue weighted by atomic mass is 10.2. The highest BCUT2D eigenvalue weighted by atomic mass is 16.5. The molecule has 0 unspecified atom stereocenters. The minimum absolute atomic E-state index is 0.324. The minimum Gasteiger partial charge on any atom is -0.462 e. The Bertz CT molecular complexity index is 931. The van der Waals surface area contributed by atoms with Crippen LogP contribution in [0, 0.1) is 0 Å². The molecule has 0 bridgehead atoms. The molecule has 0 radical (unpaired) electrons. The fourth-order valence-electron chi connectivity index (χ4n) is 2.60. The maximum absolute atomic E-state index is 11.9. The minimum atomic E-state index is -0.374. The first-order chi connectivity index (χ1) is 13.1. The topological polar surface area (TPSA) is 93.4 Å². The molecule has 0 atom stereocenters. The van der Waals surface area contributed by atoms with Crippen LogP contribution in [-0.2, 0) is 4.74 Å². The third-order valence-corrected chi connectivity index (χ3v) is 3.96. The maximum Gasteiger partial charge on any atom is 0.338 e. The van der Waals surface area contributed by atoms with Crippen LogP contribution in [0.5, 0.6) is 0 Å². The number of hydrogen-bond acceptors (Lipinski definition) is 7. The number of carbonyl (C=O) groups is 1. The second kappa shape index (κ2) is 8.18. The van der Waals surface area contributed by atoms with Gasteiger partial charge < -0.3 is 20.7 Å². The Morgan fingerprint density at radius 1 is 1.15 bits per heavy atom. The van der Waals surface area contributed by atoms with Crippen LogP contribution in [0.4, 0.5) is 28.7 Å². The molecule has 1 aromatic heterocycles. The Hall–Kier alpha value is -3.61. The molecular weight excluding hydrogens is 342 g/mol. The average molecular weight is 363 g/mol. The highest BCUT2D eigenvalue weighted by Gasteiger charge is 2.14. The van der Waals surface area contributed by atoms with E-state index in [4.69, 9.17) is 10.5 Å². The number of carbonyl (C=O) groups excluding carboxylic acids is 1. The maximum atomic E-state index is 11.9. The summed E-state index contributed by atoms with van der Waals surface area (Å²) in [7, 11) is 1.89. The van der Waals surface area contributed by atoms with E-state index >= 15 is 0 Å². The fraction of sp³-hybridized carbons (Fsp3) is 0.150. The van der Waals surface area contributed by atoms with Crippen molar-refractivity contribution in [3.63, 3.8) is 0 Å². The highest BCUT2D eigenvalue weighted by Crippen LogP contribution is 2.31. The lowest BCUT2D eigenvalue weighted by molar-refractivity contribution is 0.0526. The van der Waals surface area contributed by atoms with E-state index in [1.54, 1.807) is 25.1 Å². The largest absolute Gasteiger partial charge is 0.462 e. The van der Waals surface area contributed by atoms with Gasteiger partial charge in [-0.25, -0.2) is 14.8 Å². The molecule has 7 nitrogen and oxygen atoms in total. The predicted molar refractivity (Wildman–Crippen MR) is 107 cm³/mol. The second-order valence-electron chi connectivity index (χ2n) is 5.78. The Kier molecular flexibility index (Phi) is 5.51. The molecule has 3 rings (SSSR count). The highest BCUT2D eigenvalue weighted by molar-refractivity contribution is 5.91. The normalized spacial score (nSPS) is 10.3. The number of para-hydroxylation sites is 1. The van der Waals surface area contributed by atoms with Crippen molar-refractivity contribution in [2.45, 2.75) is 6.92 Å². The first-order valence-corrected chi connectivity index (χ1v) is 8.53. The van der Waals surface area contributed by atoms with Crippen LogP contribution in [0.1, 0.15) is 17.3 Å². The van der Waals surface area contributed by atoms with Crippen molar-refractivity contribution in [3.05, 3.63) is 66.5 Å². The van der Waals surface area contributed by atoms with Crippen LogP contribution in [0.15, 0.2) is 60.9 Å². The third kappa shape index (κ3) is 4.14. The van der Waals surface area contributed by atoms with Gasteiger partial charge in [-0.1, -0.05) is 24.3 Å².